The third-order valence-corrected chi connectivity index (χ3v) is 1.53. The highest BCUT2D eigenvalue weighted by Gasteiger charge is 2.17. The molecule has 0 heterocycles. The van der Waals surface area contributed by atoms with Crippen LogP contribution in [0.5, 0.6) is 0 Å². The summed E-state index contributed by atoms with van der Waals surface area (Å²) in [5.74, 6) is 0. The van der Waals surface area contributed by atoms with Crippen LogP contribution in [0.1, 0.15) is 27.2 Å². The second-order valence-electron chi connectivity index (χ2n) is 3.37. The lowest BCUT2D eigenvalue weighted by molar-refractivity contribution is -0.117. The van der Waals surface area contributed by atoms with Gasteiger partial charge in [-0.25, -0.2) is 0 Å². The van der Waals surface area contributed by atoms with Crippen LogP contribution in [0.25, 0.3) is 0 Å². The van der Waals surface area contributed by atoms with E-state index < -0.39 is 11.6 Å². The number of aldehydes is 1. The van der Waals surface area contributed by atoms with Crippen LogP contribution >= 0.6 is 0 Å². The van der Waals surface area contributed by atoms with Crippen molar-refractivity contribution in [1.29, 1.82) is 0 Å². The number of ether oxygens (including phenoxy) is 1. The second-order valence-corrected chi connectivity index (χ2v) is 3.37. The molecule has 0 radical (unpaired) electrons. The van der Waals surface area contributed by atoms with E-state index in [1.54, 1.807) is 20.8 Å². The number of rotatable bonds is 6. The maximum atomic E-state index is 10.2. The molecule has 0 aromatic heterocycles. The maximum absolute atomic E-state index is 10.2. The summed E-state index contributed by atoms with van der Waals surface area (Å²) in [6, 6.07) is 0. The van der Waals surface area contributed by atoms with Gasteiger partial charge in [0.05, 0.1) is 5.54 Å². The molecule has 0 aliphatic heterocycles. The highest BCUT2D eigenvalue weighted by molar-refractivity contribution is 5.55. The molecule has 0 aromatic rings. The fourth-order valence-corrected chi connectivity index (χ4v) is 0.580. The molecule has 70 valence electrons. The fourth-order valence-electron chi connectivity index (χ4n) is 0.580. The third kappa shape index (κ3) is 4.96. The molecule has 0 aromatic carbocycles. The fraction of sp³-hybridized carbons (Fsp3) is 0.875. The number of hydrogen-bond acceptors (Lipinski definition) is 4. The monoisotopic (exact) mass is 173 g/mol. The standard InChI is InChI=1S/C8H15NO3/c1-7(6-10)12-5-4-8(2,3)9-11/h6-7H,4-5H2,1-3H3. The molecule has 4 heteroatoms. The Balaban J connectivity index is 3.55. The normalized spacial score (nSPS) is 13.9. The maximum Gasteiger partial charge on any atom is 0.148 e. The zero-order valence-electron chi connectivity index (χ0n) is 7.74. The average molecular weight is 173 g/mol. The van der Waals surface area contributed by atoms with Crippen molar-refractivity contribution in [3.63, 3.8) is 0 Å². The Hall–Kier alpha value is -0.770. The van der Waals surface area contributed by atoms with Crippen molar-refractivity contribution < 1.29 is 9.53 Å². The van der Waals surface area contributed by atoms with Gasteiger partial charge in [-0.05, 0) is 27.2 Å². The van der Waals surface area contributed by atoms with E-state index in [1.165, 1.54) is 0 Å². The highest BCUT2D eigenvalue weighted by Crippen LogP contribution is 2.13. The molecule has 0 rings (SSSR count). The molecular weight excluding hydrogens is 158 g/mol. The van der Waals surface area contributed by atoms with Gasteiger partial charge in [0.15, 0.2) is 0 Å². The average Bonchev–Trinajstić information content (AvgIpc) is 2.04. The minimum Gasteiger partial charge on any atom is -0.371 e. The van der Waals surface area contributed by atoms with Crippen LogP contribution in [0.3, 0.4) is 0 Å². The predicted molar refractivity (Wildman–Crippen MR) is 46.0 cm³/mol. The van der Waals surface area contributed by atoms with Crippen LogP contribution < -0.4 is 0 Å². The van der Waals surface area contributed by atoms with Gasteiger partial charge < -0.3 is 9.53 Å². The van der Waals surface area contributed by atoms with Gasteiger partial charge in [0.1, 0.15) is 12.4 Å². The summed E-state index contributed by atoms with van der Waals surface area (Å²) in [5, 5.41) is 2.92. The van der Waals surface area contributed by atoms with Crippen molar-refractivity contribution >= 4 is 6.29 Å². The Bertz CT molecular complexity index is 156. The van der Waals surface area contributed by atoms with Crippen LogP contribution in [-0.4, -0.2) is 24.5 Å². The Labute approximate surface area is 72.3 Å². The van der Waals surface area contributed by atoms with E-state index in [0.29, 0.717) is 13.0 Å². The number of carbonyl (C=O) groups excluding carboxylic acids is 1. The SMILES string of the molecule is CC(C=O)OCCC(C)(C)N=O. The Morgan fingerprint density at radius 3 is 2.58 bits per heavy atom. The zero-order chi connectivity index (χ0) is 9.61. The summed E-state index contributed by atoms with van der Waals surface area (Å²) in [6.07, 6.45) is 0.864. The first kappa shape index (κ1) is 11.2. The number of hydrogen-bond donors (Lipinski definition) is 0. The molecule has 0 aliphatic carbocycles. The van der Waals surface area contributed by atoms with Gasteiger partial charge >= 0.3 is 0 Å². The van der Waals surface area contributed by atoms with Crippen LogP contribution in [0.4, 0.5) is 0 Å². The van der Waals surface area contributed by atoms with E-state index >= 15 is 0 Å². The third-order valence-electron chi connectivity index (χ3n) is 1.53. The Kier molecular flexibility index (Phi) is 4.66. The minimum absolute atomic E-state index is 0.388. The molecule has 0 fully saturated rings. The zero-order valence-corrected chi connectivity index (χ0v) is 7.74. The molecule has 1 atom stereocenters. The van der Waals surface area contributed by atoms with Crippen LogP contribution in [0.2, 0.25) is 0 Å². The van der Waals surface area contributed by atoms with Crippen molar-refractivity contribution in [2.75, 3.05) is 6.61 Å². The largest absolute Gasteiger partial charge is 0.371 e. The Morgan fingerprint density at radius 2 is 2.17 bits per heavy atom. The van der Waals surface area contributed by atoms with E-state index in [9.17, 15) is 9.70 Å². The van der Waals surface area contributed by atoms with Crippen LogP contribution in [0, 0.1) is 4.91 Å². The molecule has 0 saturated carbocycles. The summed E-state index contributed by atoms with van der Waals surface area (Å²) >= 11 is 0. The molecule has 0 aliphatic rings. The van der Waals surface area contributed by atoms with Gasteiger partial charge in [-0.2, -0.15) is 4.91 Å². The van der Waals surface area contributed by atoms with E-state index in [2.05, 4.69) is 5.18 Å². The van der Waals surface area contributed by atoms with Gasteiger partial charge in [-0.15, -0.1) is 0 Å². The van der Waals surface area contributed by atoms with Crippen molar-refractivity contribution in [2.45, 2.75) is 38.8 Å². The molecule has 0 saturated heterocycles. The van der Waals surface area contributed by atoms with Crippen LogP contribution in [-0.2, 0) is 9.53 Å². The summed E-state index contributed by atoms with van der Waals surface area (Å²) in [7, 11) is 0. The summed E-state index contributed by atoms with van der Waals surface area (Å²) in [4.78, 5) is 20.3. The first-order chi connectivity index (χ1) is 5.52. The van der Waals surface area contributed by atoms with Crippen LogP contribution in [0.15, 0.2) is 5.18 Å². The number of nitroso groups, excluding NO2 is 1. The van der Waals surface area contributed by atoms with Crippen molar-refractivity contribution in [3.05, 3.63) is 4.91 Å². The van der Waals surface area contributed by atoms with Gasteiger partial charge in [-0.3, -0.25) is 0 Å². The van der Waals surface area contributed by atoms with Crippen molar-refractivity contribution in [2.24, 2.45) is 5.18 Å². The minimum atomic E-state index is -0.595. The summed E-state index contributed by atoms with van der Waals surface area (Å²) < 4.78 is 5.06. The lowest BCUT2D eigenvalue weighted by atomic mass is 10.0. The lowest BCUT2D eigenvalue weighted by Crippen LogP contribution is -2.21. The van der Waals surface area contributed by atoms with E-state index in [1.807, 2.05) is 0 Å². The lowest BCUT2D eigenvalue weighted by Gasteiger charge is -2.15. The Morgan fingerprint density at radius 1 is 1.58 bits per heavy atom. The molecule has 0 N–H and O–H groups in total. The van der Waals surface area contributed by atoms with E-state index in [0.717, 1.165) is 6.29 Å². The smallest absolute Gasteiger partial charge is 0.148 e. The quantitative estimate of drug-likeness (QED) is 0.452. The predicted octanol–water partition coefficient (Wildman–Crippen LogP) is 1.53. The van der Waals surface area contributed by atoms with Gasteiger partial charge in [-0.1, -0.05) is 5.18 Å². The van der Waals surface area contributed by atoms with Gasteiger partial charge in [0.2, 0.25) is 0 Å². The van der Waals surface area contributed by atoms with Crippen molar-refractivity contribution in [1.82, 2.24) is 0 Å². The summed E-state index contributed by atoms with van der Waals surface area (Å²) in [6.45, 7) is 5.51. The van der Waals surface area contributed by atoms with Crippen molar-refractivity contribution in [3.8, 4) is 0 Å². The molecule has 0 spiro atoms. The molecule has 1 unspecified atom stereocenters. The van der Waals surface area contributed by atoms with E-state index in [-0.39, 0.29) is 0 Å². The van der Waals surface area contributed by atoms with E-state index in [4.69, 9.17) is 4.74 Å². The topological polar surface area (TPSA) is 55.7 Å². The number of nitrogens with zero attached hydrogens (tertiary/aromatic N) is 1. The molecule has 12 heavy (non-hydrogen) atoms. The number of carbonyl (C=O) groups is 1. The second kappa shape index (κ2) is 4.98. The highest BCUT2D eigenvalue weighted by atomic mass is 16.5. The first-order valence-electron chi connectivity index (χ1n) is 3.93. The summed E-state index contributed by atoms with van der Waals surface area (Å²) in [5.41, 5.74) is -0.595. The molecule has 4 nitrogen and oxygen atoms in total. The molecular formula is C8H15NO3. The van der Waals surface area contributed by atoms with Gasteiger partial charge in [0, 0.05) is 6.61 Å². The molecule has 0 bridgehead atoms. The first-order valence-corrected chi connectivity index (χ1v) is 3.93. The molecule has 0 amide bonds. The van der Waals surface area contributed by atoms with Gasteiger partial charge in [0.25, 0.3) is 0 Å².